The summed E-state index contributed by atoms with van der Waals surface area (Å²) in [7, 11) is 0. The van der Waals surface area contributed by atoms with Crippen LogP contribution in [-0.2, 0) is 0 Å². The third kappa shape index (κ3) is 3.18. The average Bonchev–Trinajstić information content (AvgIpc) is 2.29. The number of rotatable bonds is 5. The molecular formula is C11H18N4O. The van der Waals surface area contributed by atoms with E-state index >= 15 is 0 Å². The Kier molecular flexibility index (Phi) is 4.69. The molecule has 0 aliphatic heterocycles. The minimum Gasteiger partial charge on any atom is -0.382 e. The first-order chi connectivity index (χ1) is 7.69. The summed E-state index contributed by atoms with van der Waals surface area (Å²) in [5, 5.41) is 7.48. The number of hydrogen-bond donors (Lipinski definition) is 1. The van der Waals surface area contributed by atoms with Crippen molar-refractivity contribution in [2.24, 2.45) is 0 Å². The van der Waals surface area contributed by atoms with Gasteiger partial charge >= 0.3 is 0 Å². The van der Waals surface area contributed by atoms with Crippen LogP contribution in [0.2, 0.25) is 0 Å². The maximum Gasteiger partial charge on any atom is 0.274 e. The summed E-state index contributed by atoms with van der Waals surface area (Å²) < 4.78 is 0. The van der Waals surface area contributed by atoms with E-state index < -0.39 is 0 Å². The number of nitrogens with two attached hydrogens (primary N) is 1. The van der Waals surface area contributed by atoms with Crippen molar-refractivity contribution in [3.05, 3.63) is 17.8 Å². The van der Waals surface area contributed by atoms with Crippen molar-refractivity contribution < 1.29 is 4.79 Å². The maximum absolute atomic E-state index is 12.0. The molecule has 0 aliphatic carbocycles. The molecule has 88 valence electrons. The van der Waals surface area contributed by atoms with E-state index in [0.29, 0.717) is 11.5 Å². The van der Waals surface area contributed by atoms with Crippen molar-refractivity contribution in [1.29, 1.82) is 0 Å². The summed E-state index contributed by atoms with van der Waals surface area (Å²) in [5.74, 6) is 0.255. The van der Waals surface area contributed by atoms with Crippen LogP contribution < -0.4 is 5.73 Å². The highest BCUT2D eigenvalue weighted by atomic mass is 16.2. The lowest BCUT2D eigenvalue weighted by atomic mass is 10.3. The van der Waals surface area contributed by atoms with Crippen LogP contribution in [0.25, 0.3) is 0 Å². The molecule has 5 heteroatoms. The molecule has 16 heavy (non-hydrogen) atoms. The zero-order valence-corrected chi connectivity index (χ0v) is 9.81. The molecule has 1 amide bonds. The highest BCUT2D eigenvalue weighted by Crippen LogP contribution is 2.04. The summed E-state index contributed by atoms with van der Waals surface area (Å²) in [6.45, 7) is 5.59. The third-order valence-electron chi connectivity index (χ3n) is 2.18. The molecule has 0 saturated carbocycles. The van der Waals surface area contributed by atoms with Crippen molar-refractivity contribution in [2.75, 3.05) is 18.8 Å². The molecule has 0 bridgehead atoms. The van der Waals surface area contributed by atoms with Crippen molar-refractivity contribution in [3.8, 4) is 0 Å². The highest BCUT2D eigenvalue weighted by molar-refractivity contribution is 5.92. The molecule has 0 aromatic carbocycles. The van der Waals surface area contributed by atoms with Crippen LogP contribution in [0, 0.1) is 0 Å². The number of carbonyl (C=O) groups is 1. The fourth-order valence-electron chi connectivity index (χ4n) is 1.47. The van der Waals surface area contributed by atoms with Crippen LogP contribution in [0.1, 0.15) is 37.2 Å². The van der Waals surface area contributed by atoms with E-state index in [1.165, 1.54) is 0 Å². The van der Waals surface area contributed by atoms with Crippen LogP contribution in [0.3, 0.4) is 0 Å². The van der Waals surface area contributed by atoms with Gasteiger partial charge in [0.15, 0.2) is 5.69 Å². The van der Waals surface area contributed by atoms with Gasteiger partial charge in [0.05, 0.1) is 0 Å². The second kappa shape index (κ2) is 6.05. The van der Waals surface area contributed by atoms with Crippen molar-refractivity contribution in [1.82, 2.24) is 15.1 Å². The summed E-state index contributed by atoms with van der Waals surface area (Å²) in [5.41, 5.74) is 5.78. The van der Waals surface area contributed by atoms with Gasteiger partial charge in [0.1, 0.15) is 5.82 Å². The Labute approximate surface area is 95.7 Å². The lowest BCUT2D eigenvalue weighted by molar-refractivity contribution is 0.0748. The standard InChI is InChI=1S/C11H18N4O/c1-3-7-15(8-4-2)11(16)9-5-6-10(12)14-13-9/h5-6H,3-4,7-8H2,1-2H3,(H2,12,14). The first kappa shape index (κ1) is 12.4. The van der Waals surface area contributed by atoms with Crippen molar-refractivity contribution in [2.45, 2.75) is 26.7 Å². The second-order valence-corrected chi connectivity index (χ2v) is 3.64. The monoisotopic (exact) mass is 222 g/mol. The molecule has 2 N–H and O–H groups in total. The van der Waals surface area contributed by atoms with Gasteiger partial charge in [0, 0.05) is 13.1 Å². The number of anilines is 1. The molecule has 0 aliphatic rings. The van der Waals surface area contributed by atoms with E-state index in [9.17, 15) is 4.79 Å². The molecular weight excluding hydrogens is 204 g/mol. The molecule has 5 nitrogen and oxygen atoms in total. The lowest BCUT2D eigenvalue weighted by Crippen LogP contribution is -2.33. The van der Waals surface area contributed by atoms with Gasteiger partial charge in [-0.25, -0.2) is 0 Å². The lowest BCUT2D eigenvalue weighted by Gasteiger charge is -2.20. The Morgan fingerprint density at radius 2 is 1.88 bits per heavy atom. The Balaban J connectivity index is 2.77. The predicted octanol–water partition coefficient (Wildman–Crippen LogP) is 1.32. The zero-order valence-electron chi connectivity index (χ0n) is 9.81. The molecule has 0 atom stereocenters. The number of amides is 1. The minimum atomic E-state index is -0.0730. The predicted molar refractivity (Wildman–Crippen MR) is 62.9 cm³/mol. The van der Waals surface area contributed by atoms with E-state index in [4.69, 9.17) is 5.73 Å². The fraction of sp³-hybridized carbons (Fsp3) is 0.545. The van der Waals surface area contributed by atoms with E-state index in [1.54, 1.807) is 17.0 Å². The molecule has 1 aromatic rings. The Hall–Kier alpha value is -1.65. The molecule has 0 saturated heterocycles. The van der Waals surface area contributed by atoms with E-state index in [-0.39, 0.29) is 5.91 Å². The number of carbonyl (C=O) groups excluding carboxylic acids is 1. The van der Waals surface area contributed by atoms with Gasteiger partial charge in [-0.05, 0) is 25.0 Å². The third-order valence-corrected chi connectivity index (χ3v) is 2.18. The Morgan fingerprint density at radius 1 is 1.25 bits per heavy atom. The van der Waals surface area contributed by atoms with Crippen LogP contribution in [0.4, 0.5) is 5.82 Å². The van der Waals surface area contributed by atoms with Gasteiger partial charge in [-0.1, -0.05) is 13.8 Å². The summed E-state index contributed by atoms with van der Waals surface area (Å²) in [6.07, 6.45) is 1.88. The maximum atomic E-state index is 12.0. The Morgan fingerprint density at radius 3 is 2.31 bits per heavy atom. The molecule has 0 fully saturated rings. The SMILES string of the molecule is CCCN(CCC)C(=O)c1ccc(N)nn1. The number of nitrogens with zero attached hydrogens (tertiary/aromatic N) is 3. The first-order valence-corrected chi connectivity index (χ1v) is 5.57. The first-order valence-electron chi connectivity index (χ1n) is 5.57. The van der Waals surface area contributed by atoms with Crippen LogP contribution in [0.15, 0.2) is 12.1 Å². The van der Waals surface area contributed by atoms with E-state index in [0.717, 1.165) is 25.9 Å². The van der Waals surface area contributed by atoms with Gasteiger partial charge in [-0.15, -0.1) is 10.2 Å². The fourth-order valence-corrected chi connectivity index (χ4v) is 1.47. The second-order valence-electron chi connectivity index (χ2n) is 3.64. The zero-order chi connectivity index (χ0) is 12.0. The van der Waals surface area contributed by atoms with Gasteiger partial charge in [-0.2, -0.15) is 0 Å². The van der Waals surface area contributed by atoms with Gasteiger partial charge in [0.25, 0.3) is 5.91 Å². The molecule has 0 radical (unpaired) electrons. The quantitative estimate of drug-likeness (QED) is 0.815. The molecule has 1 heterocycles. The number of aromatic nitrogens is 2. The Bertz CT molecular complexity index is 330. The molecule has 1 rings (SSSR count). The van der Waals surface area contributed by atoms with Crippen molar-refractivity contribution >= 4 is 11.7 Å². The van der Waals surface area contributed by atoms with E-state index in [1.807, 2.05) is 13.8 Å². The van der Waals surface area contributed by atoms with Crippen LogP contribution in [-0.4, -0.2) is 34.1 Å². The topological polar surface area (TPSA) is 72.1 Å². The summed E-state index contributed by atoms with van der Waals surface area (Å²) in [4.78, 5) is 13.8. The van der Waals surface area contributed by atoms with Crippen LogP contribution in [0.5, 0.6) is 0 Å². The molecule has 0 spiro atoms. The smallest absolute Gasteiger partial charge is 0.274 e. The average molecular weight is 222 g/mol. The normalized spacial score (nSPS) is 10.1. The summed E-state index contributed by atoms with van der Waals surface area (Å²) >= 11 is 0. The number of hydrogen-bond acceptors (Lipinski definition) is 4. The van der Waals surface area contributed by atoms with Crippen LogP contribution >= 0.6 is 0 Å². The summed E-state index contributed by atoms with van der Waals surface area (Å²) in [6, 6.07) is 3.21. The van der Waals surface area contributed by atoms with E-state index in [2.05, 4.69) is 10.2 Å². The van der Waals surface area contributed by atoms with Gasteiger partial charge in [0.2, 0.25) is 0 Å². The highest BCUT2D eigenvalue weighted by Gasteiger charge is 2.15. The largest absolute Gasteiger partial charge is 0.382 e. The number of nitrogen functional groups attached to an aromatic ring is 1. The minimum absolute atomic E-state index is 0.0730. The van der Waals surface area contributed by atoms with Gasteiger partial charge in [-0.3, -0.25) is 4.79 Å². The molecule has 1 aromatic heterocycles. The van der Waals surface area contributed by atoms with Crippen molar-refractivity contribution in [3.63, 3.8) is 0 Å². The molecule has 0 unspecified atom stereocenters. The van der Waals surface area contributed by atoms with Gasteiger partial charge < -0.3 is 10.6 Å².